The minimum absolute atomic E-state index is 0.0407. The molecule has 2 aliphatic heterocycles. The number of hydrogen-bond donors (Lipinski definition) is 1. The number of likely N-dealkylation sites (tertiary alicyclic amines) is 1. The average Bonchev–Trinajstić information content (AvgIpc) is 2.73. The molecular formula is C20H31N3O3S. The van der Waals surface area contributed by atoms with Gasteiger partial charge in [0.25, 0.3) is 0 Å². The number of amides is 1. The predicted molar refractivity (Wildman–Crippen MR) is 106 cm³/mol. The van der Waals surface area contributed by atoms with Gasteiger partial charge in [-0.3, -0.25) is 4.79 Å². The zero-order valence-electron chi connectivity index (χ0n) is 16.1. The lowest BCUT2D eigenvalue weighted by atomic mass is 9.91. The van der Waals surface area contributed by atoms with E-state index in [0.29, 0.717) is 36.7 Å². The number of nitrogens with one attached hydrogen (secondary N) is 1. The van der Waals surface area contributed by atoms with Gasteiger partial charge in [-0.15, -0.1) is 0 Å². The van der Waals surface area contributed by atoms with E-state index in [-0.39, 0.29) is 11.8 Å². The molecule has 0 bridgehead atoms. The Morgan fingerprint density at radius 2 is 1.67 bits per heavy atom. The molecule has 2 saturated heterocycles. The molecule has 2 aliphatic rings. The van der Waals surface area contributed by atoms with Crippen molar-refractivity contribution in [3.8, 4) is 0 Å². The van der Waals surface area contributed by atoms with Crippen LogP contribution in [0.1, 0.15) is 32.1 Å². The Hall–Kier alpha value is -1.44. The summed E-state index contributed by atoms with van der Waals surface area (Å²) in [6.45, 7) is 3.57. The number of sulfonamides is 1. The van der Waals surface area contributed by atoms with Gasteiger partial charge in [0, 0.05) is 32.1 Å². The Morgan fingerprint density at radius 1 is 1.04 bits per heavy atom. The van der Waals surface area contributed by atoms with Crippen LogP contribution >= 0.6 is 0 Å². The quantitative estimate of drug-likeness (QED) is 0.802. The Morgan fingerprint density at radius 3 is 2.26 bits per heavy atom. The largest absolute Gasteiger partial charge is 0.342 e. The van der Waals surface area contributed by atoms with Gasteiger partial charge in [0.2, 0.25) is 15.9 Å². The van der Waals surface area contributed by atoms with E-state index >= 15 is 0 Å². The van der Waals surface area contributed by atoms with E-state index in [4.69, 9.17) is 0 Å². The van der Waals surface area contributed by atoms with Crippen molar-refractivity contribution in [3.63, 3.8) is 0 Å². The zero-order chi connectivity index (χ0) is 19.3. The van der Waals surface area contributed by atoms with Crippen LogP contribution in [0.3, 0.4) is 0 Å². The molecule has 0 spiro atoms. The monoisotopic (exact) mass is 393 g/mol. The van der Waals surface area contributed by atoms with E-state index in [1.165, 1.54) is 10.7 Å². The highest BCUT2D eigenvalue weighted by Gasteiger charge is 2.34. The maximum atomic E-state index is 12.8. The molecule has 3 rings (SSSR count). The first kappa shape index (κ1) is 20.3. The molecule has 2 fully saturated rings. The summed E-state index contributed by atoms with van der Waals surface area (Å²) >= 11 is 0. The van der Waals surface area contributed by atoms with Crippen LogP contribution in [-0.4, -0.2) is 63.3 Å². The fourth-order valence-corrected chi connectivity index (χ4v) is 5.62. The second-order valence-electron chi connectivity index (χ2n) is 7.65. The van der Waals surface area contributed by atoms with Gasteiger partial charge in [0.05, 0.1) is 4.90 Å². The molecule has 1 aromatic rings. The maximum absolute atomic E-state index is 12.8. The maximum Gasteiger partial charge on any atom is 0.243 e. The second-order valence-corrected chi connectivity index (χ2v) is 9.59. The topological polar surface area (TPSA) is 69.7 Å². The minimum Gasteiger partial charge on any atom is -0.342 e. The molecule has 150 valence electrons. The summed E-state index contributed by atoms with van der Waals surface area (Å²) in [6, 6.07) is 8.55. The van der Waals surface area contributed by atoms with E-state index in [0.717, 1.165) is 32.5 Å². The smallest absolute Gasteiger partial charge is 0.243 e. The molecule has 7 heteroatoms. The molecule has 0 atom stereocenters. The summed E-state index contributed by atoms with van der Waals surface area (Å²) in [6.07, 6.45) is 4.56. The Balaban J connectivity index is 1.50. The number of nitrogens with zero attached hydrogens (tertiary/aromatic N) is 2. The summed E-state index contributed by atoms with van der Waals surface area (Å²) in [5, 5.41) is 3.19. The fraction of sp³-hybridized carbons (Fsp3) is 0.650. The molecule has 27 heavy (non-hydrogen) atoms. The second kappa shape index (κ2) is 9.17. The van der Waals surface area contributed by atoms with Crippen LogP contribution in [-0.2, 0) is 14.8 Å². The van der Waals surface area contributed by atoms with Gasteiger partial charge < -0.3 is 10.2 Å². The number of carbonyl (C=O) groups excluding carboxylic acids is 1. The van der Waals surface area contributed by atoms with E-state index in [2.05, 4.69) is 5.32 Å². The van der Waals surface area contributed by atoms with Crippen molar-refractivity contribution < 1.29 is 13.2 Å². The van der Waals surface area contributed by atoms with Crippen molar-refractivity contribution in [1.29, 1.82) is 0 Å². The Kier molecular flexibility index (Phi) is 6.89. The molecule has 0 saturated carbocycles. The van der Waals surface area contributed by atoms with E-state index < -0.39 is 10.0 Å². The summed E-state index contributed by atoms with van der Waals surface area (Å²) in [5.41, 5.74) is 0. The molecule has 1 amide bonds. The van der Waals surface area contributed by atoms with E-state index in [9.17, 15) is 13.2 Å². The first-order valence-electron chi connectivity index (χ1n) is 10.0. The van der Waals surface area contributed by atoms with Crippen LogP contribution in [0, 0.1) is 11.8 Å². The van der Waals surface area contributed by atoms with Crippen molar-refractivity contribution in [2.45, 2.75) is 37.0 Å². The summed E-state index contributed by atoms with van der Waals surface area (Å²) in [5.74, 6) is 0.888. The minimum atomic E-state index is -3.45. The number of piperidine rings is 2. The molecule has 0 unspecified atom stereocenters. The van der Waals surface area contributed by atoms with Crippen molar-refractivity contribution in [2.24, 2.45) is 11.8 Å². The van der Waals surface area contributed by atoms with Gasteiger partial charge in [0.15, 0.2) is 0 Å². The molecule has 0 aliphatic carbocycles. The predicted octanol–water partition coefficient (Wildman–Crippen LogP) is 1.94. The third kappa shape index (κ3) is 4.89. The lowest BCUT2D eigenvalue weighted by Crippen LogP contribution is -2.46. The van der Waals surface area contributed by atoms with Crippen LogP contribution in [0.15, 0.2) is 35.2 Å². The normalized spacial score (nSPS) is 20.7. The highest BCUT2D eigenvalue weighted by molar-refractivity contribution is 7.89. The van der Waals surface area contributed by atoms with Gasteiger partial charge in [-0.05, 0) is 63.7 Å². The molecule has 1 aromatic carbocycles. The summed E-state index contributed by atoms with van der Waals surface area (Å²) < 4.78 is 27.0. The molecule has 2 heterocycles. The van der Waals surface area contributed by atoms with Crippen LogP contribution in [0.25, 0.3) is 0 Å². The standard InChI is InChI=1S/C20H31N3O3S/c1-21-12-7-17-8-13-22(14-9-17)20(24)18-10-15-23(16-11-18)27(25,26)19-5-3-2-4-6-19/h2-6,17-18,21H,7-16H2,1H3. The van der Waals surface area contributed by atoms with Gasteiger partial charge in [0.1, 0.15) is 0 Å². The number of rotatable bonds is 6. The number of hydrogen-bond acceptors (Lipinski definition) is 4. The fourth-order valence-electron chi connectivity index (χ4n) is 4.13. The molecular weight excluding hydrogens is 362 g/mol. The van der Waals surface area contributed by atoms with Gasteiger partial charge in [-0.2, -0.15) is 4.31 Å². The molecule has 0 radical (unpaired) electrons. The third-order valence-electron chi connectivity index (χ3n) is 5.91. The van der Waals surface area contributed by atoms with Crippen LogP contribution in [0.5, 0.6) is 0 Å². The molecule has 1 N–H and O–H groups in total. The molecule has 0 aromatic heterocycles. The SMILES string of the molecule is CNCCC1CCN(C(=O)C2CCN(S(=O)(=O)c3ccccc3)CC2)CC1. The average molecular weight is 394 g/mol. The first-order valence-corrected chi connectivity index (χ1v) is 11.4. The van der Waals surface area contributed by atoms with Crippen molar-refractivity contribution >= 4 is 15.9 Å². The van der Waals surface area contributed by atoms with E-state index in [1.54, 1.807) is 24.3 Å². The van der Waals surface area contributed by atoms with Gasteiger partial charge in [-0.1, -0.05) is 18.2 Å². The van der Waals surface area contributed by atoms with Crippen molar-refractivity contribution in [3.05, 3.63) is 30.3 Å². The van der Waals surface area contributed by atoms with Gasteiger partial charge in [-0.25, -0.2) is 8.42 Å². The first-order chi connectivity index (χ1) is 13.0. The highest BCUT2D eigenvalue weighted by Crippen LogP contribution is 2.27. The Bertz CT molecular complexity index is 707. The lowest BCUT2D eigenvalue weighted by molar-refractivity contribution is -0.138. The van der Waals surface area contributed by atoms with Crippen LogP contribution < -0.4 is 5.32 Å². The summed E-state index contributed by atoms with van der Waals surface area (Å²) in [4.78, 5) is 15.2. The van der Waals surface area contributed by atoms with Crippen LogP contribution in [0.4, 0.5) is 0 Å². The van der Waals surface area contributed by atoms with Gasteiger partial charge >= 0.3 is 0 Å². The lowest BCUT2D eigenvalue weighted by Gasteiger charge is -2.37. The molecule has 6 nitrogen and oxygen atoms in total. The van der Waals surface area contributed by atoms with Crippen LogP contribution in [0.2, 0.25) is 0 Å². The summed E-state index contributed by atoms with van der Waals surface area (Å²) in [7, 11) is -1.47. The Labute approximate surface area is 163 Å². The van der Waals surface area contributed by atoms with Crippen molar-refractivity contribution in [1.82, 2.24) is 14.5 Å². The number of carbonyl (C=O) groups is 1. The number of benzene rings is 1. The van der Waals surface area contributed by atoms with Crippen molar-refractivity contribution in [2.75, 3.05) is 39.8 Å². The third-order valence-corrected chi connectivity index (χ3v) is 7.83. The zero-order valence-corrected chi connectivity index (χ0v) is 17.0. The van der Waals surface area contributed by atoms with E-state index in [1.807, 2.05) is 18.0 Å². The highest BCUT2D eigenvalue weighted by atomic mass is 32.2.